The predicted octanol–water partition coefficient (Wildman–Crippen LogP) is 1.89. The molecule has 120 valence electrons. The Morgan fingerprint density at radius 1 is 0.714 bits per heavy atom. The van der Waals surface area contributed by atoms with Gasteiger partial charge in [-0.15, -0.1) is 0 Å². The lowest BCUT2D eigenvalue weighted by Crippen LogP contribution is -2.62. The number of hydrogen-bond donors (Lipinski definition) is 0. The maximum atomic E-state index is 5.74. The van der Waals surface area contributed by atoms with Crippen LogP contribution in [0.15, 0.2) is 0 Å². The average molecular weight is 294 g/mol. The van der Waals surface area contributed by atoms with Crippen molar-refractivity contribution in [1.82, 2.24) is 9.80 Å². The summed E-state index contributed by atoms with van der Waals surface area (Å²) >= 11 is 0. The van der Waals surface area contributed by atoms with Crippen molar-refractivity contribution in [2.45, 2.75) is 56.0 Å². The van der Waals surface area contributed by atoms with E-state index in [1.54, 1.807) is 0 Å². The van der Waals surface area contributed by atoms with Crippen molar-refractivity contribution < 1.29 is 9.47 Å². The summed E-state index contributed by atoms with van der Waals surface area (Å²) in [6.45, 7) is 8.64. The fourth-order valence-corrected chi connectivity index (χ4v) is 4.77. The van der Waals surface area contributed by atoms with Crippen molar-refractivity contribution in [1.29, 1.82) is 0 Å². The molecule has 0 radical (unpaired) electrons. The van der Waals surface area contributed by atoms with Gasteiger partial charge in [-0.3, -0.25) is 9.80 Å². The van der Waals surface area contributed by atoms with E-state index < -0.39 is 0 Å². The Bertz CT molecular complexity index is 332. The van der Waals surface area contributed by atoms with Crippen LogP contribution in [0.2, 0.25) is 0 Å². The Balaban J connectivity index is 1.28. The first-order valence-corrected chi connectivity index (χ1v) is 8.99. The fraction of sp³-hybridized carbons (Fsp3) is 1.00. The Morgan fingerprint density at radius 2 is 1.19 bits per heavy atom. The molecule has 0 unspecified atom stereocenters. The third kappa shape index (κ3) is 2.54. The zero-order chi connectivity index (χ0) is 14.2. The Hall–Kier alpha value is -0.160. The van der Waals surface area contributed by atoms with Crippen molar-refractivity contribution in [2.24, 2.45) is 0 Å². The van der Waals surface area contributed by atoms with E-state index in [1.165, 1.54) is 58.0 Å². The summed E-state index contributed by atoms with van der Waals surface area (Å²) in [5, 5.41) is 0. The van der Waals surface area contributed by atoms with Gasteiger partial charge < -0.3 is 9.47 Å². The topological polar surface area (TPSA) is 24.9 Å². The summed E-state index contributed by atoms with van der Waals surface area (Å²) in [4.78, 5) is 5.49. The molecule has 0 N–H and O–H groups in total. The van der Waals surface area contributed by atoms with Crippen LogP contribution in [0.3, 0.4) is 0 Å². The van der Waals surface area contributed by atoms with E-state index in [4.69, 9.17) is 9.47 Å². The van der Waals surface area contributed by atoms with Gasteiger partial charge in [-0.2, -0.15) is 0 Å². The second-order valence-electron chi connectivity index (χ2n) is 7.59. The molecule has 4 rings (SSSR count). The van der Waals surface area contributed by atoms with E-state index >= 15 is 0 Å². The van der Waals surface area contributed by atoms with Gasteiger partial charge in [-0.25, -0.2) is 0 Å². The lowest BCUT2D eigenvalue weighted by Gasteiger charge is -2.54. The minimum absolute atomic E-state index is 0.428. The van der Waals surface area contributed by atoms with Gasteiger partial charge in [-0.05, 0) is 44.9 Å². The molecule has 0 amide bonds. The van der Waals surface area contributed by atoms with Crippen molar-refractivity contribution >= 4 is 0 Å². The number of hydrogen-bond acceptors (Lipinski definition) is 4. The molecule has 0 bridgehead atoms. The quantitative estimate of drug-likeness (QED) is 0.790. The summed E-state index contributed by atoms with van der Waals surface area (Å²) in [6, 6.07) is 0. The molecule has 2 heterocycles. The second-order valence-corrected chi connectivity index (χ2v) is 7.59. The predicted molar refractivity (Wildman–Crippen MR) is 82.6 cm³/mol. The molecule has 4 fully saturated rings. The standard InChI is InChI=1S/C17H30N2O2/c1-4-16(5-1)14-20-12-10-18(16)8-3-9-19-11-13-21-15-17(19)6-2-7-17/h1-15H2. The summed E-state index contributed by atoms with van der Waals surface area (Å²) < 4.78 is 11.5. The Morgan fingerprint density at radius 3 is 1.57 bits per heavy atom. The zero-order valence-corrected chi connectivity index (χ0v) is 13.3. The summed E-state index contributed by atoms with van der Waals surface area (Å²) in [5.74, 6) is 0. The van der Waals surface area contributed by atoms with Crippen LogP contribution in [0.4, 0.5) is 0 Å². The molecule has 0 aromatic carbocycles. The van der Waals surface area contributed by atoms with Crippen LogP contribution < -0.4 is 0 Å². The van der Waals surface area contributed by atoms with Crippen molar-refractivity contribution in [3.63, 3.8) is 0 Å². The third-order valence-corrected chi connectivity index (χ3v) is 6.52. The number of ether oxygens (including phenoxy) is 2. The van der Waals surface area contributed by atoms with Crippen molar-refractivity contribution in [3.05, 3.63) is 0 Å². The SMILES string of the molecule is C(CN1CCOCC12CCC2)CN1CCOCC12CCC2. The summed E-state index contributed by atoms with van der Waals surface area (Å²) in [7, 11) is 0. The van der Waals surface area contributed by atoms with Gasteiger partial charge in [-0.1, -0.05) is 0 Å². The molecular weight excluding hydrogens is 264 g/mol. The van der Waals surface area contributed by atoms with Crippen LogP contribution in [-0.2, 0) is 9.47 Å². The van der Waals surface area contributed by atoms with Gasteiger partial charge in [0.1, 0.15) is 0 Å². The van der Waals surface area contributed by atoms with Crippen molar-refractivity contribution in [2.75, 3.05) is 52.6 Å². The van der Waals surface area contributed by atoms with Gasteiger partial charge in [0, 0.05) is 37.3 Å². The van der Waals surface area contributed by atoms with Gasteiger partial charge in [0.2, 0.25) is 0 Å². The minimum atomic E-state index is 0.428. The first kappa shape index (κ1) is 14.4. The monoisotopic (exact) mass is 294 g/mol. The maximum Gasteiger partial charge on any atom is 0.0651 e. The van der Waals surface area contributed by atoms with Gasteiger partial charge in [0.25, 0.3) is 0 Å². The van der Waals surface area contributed by atoms with Gasteiger partial charge in [0.05, 0.1) is 26.4 Å². The lowest BCUT2D eigenvalue weighted by molar-refractivity contribution is -0.118. The normalized spacial score (nSPS) is 32.0. The summed E-state index contributed by atoms with van der Waals surface area (Å²) in [5.41, 5.74) is 0.856. The van der Waals surface area contributed by atoms with Crippen LogP contribution in [0.5, 0.6) is 0 Å². The highest BCUT2D eigenvalue weighted by molar-refractivity contribution is 5.01. The summed E-state index contributed by atoms with van der Waals surface area (Å²) in [6.07, 6.45) is 9.52. The van der Waals surface area contributed by atoms with Crippen LogP contribution in [0.1, 0.15) is 44.9 Å². The molecule has 2 aliphatic heterocycles. The zero-order valence-electron chi connectivity index (χ0n) is 13.3. The highest BCUT2D eigenvalue weighted by atomic mass is 16.5. The minimum Gasteiger partial charge on any atom is -0.378 e. The first-order valence-electron chi connectivity index (χ1n) is 8.99. The van der Waals surface area contributed by atoms with Crippen LogP contribution in [0, 0.1) is 0 Å². The Labute approximate surface area is 128 Å². The molecule has 2 aliphatic carbocycles. The molecule has 4 heteroatoms. The average Bonchev–Trinajstić information content (AvgIpc) is 2.45. The molecule has 2 saturated heterocycles. The molecule has 4 nitrogen and oxygen atoms in total. The smallest absolute Gasteiger partial charge is 0.0651 e. The molecular formula is C17H30N2O2. The molecule has 0 aromatic heterocycles. The fourth-order valence-electron chi connectivity index (χ4n) is 4.77. The van der Waals surface area contributed by atoms with Gasteiger partial charge >= 0.3 is 0 Å². The second kappa shape index (κ2) is 5.80. The lowest BCUT2D eigenvalue weighted by atomic mass is 9.74. The molecule has 2 saturated carbocycles. The number of rotatable bonds is 4. The first-order chi connectivity index (χ1) is 10.3. The van der Waals surface area contributed by atoms with Crippen molar-refractivity contribution in [3.8, 4) is 0 Å². The molecule has 2 spiro atoms. The van der Waals surface area contributed by atoms with E-state index in [2.05, 4.69) is 9.80 Å². The van der Waals surface area contributed by atoms with Crippen LogP contribution in [-0.4, -0.2) is 73.5 Å². The Kier molecular flexibility index (Phi) is 3.99. The third-order valence-electron chi connectivity index (χ3n) is 6.52. The van der Waals surface area contributed by atoms with E-state index in [0.29, 0.717) is 11.1 Å². The highest BCUT2D eigenvalue weighted by Crippen LogP contribution is 2.41. The van der Waals surface area contributed by atoms with E-state index in [9.17, 15) is 0 Å². The highest BCUT2D eigenvalue weighted by Gasteiger charge is 2.46. The van der Waals surface area contributed by atoms with E-state index in [1.807, 2.05) is 0 Å². The number of nitrogens with zero attached hydrogens (tertiary/aromatic N) is 2. The van der Waals surface area contributed by atoms with E-state index in [-0.39, 0.29) is 0 Å². The van der Waals surface area contributed by atoms with Crippen LogP contribution in [0.25, 0.3) is 0 Å². The number of morpholine rings is 2. The van der Waals surface area contributed by atoms with Crippen LogP contribution >= 0.6 is 0 Å². The molecule has 4 aliphatic rings. The molecule has 0 aromatic rings. The maximum absolute atomic E-state index is 5.74. The molecule has 0 atom stereocenters. The van der Waals surface area contributed by atoms with E-state index in [0.717, 1.165) is 39.5 Å². The largest absolute Gasteiger partial charge is 0.378 e. The van der Waals surface area contributed by atoms with Gasteiger partial charge in [0.15, 0.2) is 0 Å². The molecule has 21 heavy (non-hydrogen) atoms.